The van der Waals surface area contributed by atoms with Gasteiger partial charge in [0.25, 0.3) is 0 Å². The molecule has 0 saturated carbocycles. The van der Waals surface area contributed by atoms with Crippen LogP contribution in [0.2, 0.25) is 0 Å². The highest BCUT2D eigenvalue weighted by Crippen LogP contribution is 2.30. The van der Waals surface area contributed by atoms with Gasteiger partial charge in [-0.05, 0) is 59.2 Å². The molecule has 0 saturated heterocycles. The predicted molar refractivity (Wildman–Crippen MR) is 84.2 cm³/mol. The van der Waals surface area contributed by atoms with Crippen LogP contribution in [-0.4, -0.2) is 7.11 Å². The van der Waals surface area contributed by atoms with Crippen LogP contribution < -0.4 is 4.74 Å². The zero-order valence-corrected chi connectivity index (χ0v) is 12.1. The van der Waals surface area contributed by atoms with Crippen LogP contribution in [0.5, 0.6) is 5.75 Å². The maximum Gasteiger partial charge on any atom is 0.119 e. The first-order valence-corrected chi connectivity index (χ1v) is 7.18. The van der Waals surface area contributed by atoms with Gasteiger partial charge in [0.2, 0.25) is 0 Å². The van der Waals surface area contributed by atoms with Crippen molar-refractivity contribution in [2.75, 3.05) is 7.11 Å². The van der Waals surface area contributed by atoms with Gasteiger partial charge in [0.05, 0.1) is 13.2 Å². The first-order valence-electron chi connectivity index (χ1n) is 7.18. The second kappa shape index (κ2) is 5.85. The highest BCUT2D eigenvalue weighted by Gasteiger charge is 2.13. The second-order valence-electron chi connectivity index (χ2n) is 5.26. The van der Waals surface area contributed by atoms with E-state index in [1.807, 2.05) is 24.3 Å². The molecule has 0 heterocycles. The number of methoxy groups -OCH3 is 1. The van der Waals surface area contributed by atoms with Crippen LogP contribution in [-0.2, 0) is 12.8 Å². The van der Waals surface area contributed by atoms with Gasteiger partial charge in [-0.25, -0.2) is 0 Å². The molecule has 3 rings (SSSR count). The van der Waals surface area contributed by atoms with Gasteiger partial charge in [-0.2, -0.15) is 5.26 Å². The molecule has 2 heteroatoms. The molecule has 0 spiro atoms. The molecular weight excluding hydrogens is 258 g/mol. The smallest absolute Gasteiger partial charge is 0.119 e. The van der Waals surface area contributed by atoms with Crippen LogP contribution in [0, 0.1) is 11.3 Å². The topological polar surface area (TPSA) is 33.0 Å². The summed E-state index contributed by atoms with van der Waals surface area (Å²) in [5.74, 6) is 0.803. The van der Waals surface area contributed by atoms with Gasteiger partial charge in [-0.1, -0.05) is 30.3 Å². The molecule has 1 aliphatic rings. The van der Waals surface area contributed by atoms with E-state index in [2.05, 4.69) is 24.3 Å². The molecular formula is C19H17NO. The summed E-state index contributed by atoms with van der Waals surface area (Å²) in [4.78, 5) is 0. The highest BCUT2D eigenvalue weighted by molar-refractivity contribution is 5.82. The first-order chi connectivity index (χ1) is 10.3. The van der Waals surface area contributed by atoms with E-state index in [1.54, 1.807) is 13.2 Å². The number of nitrogens with zero attached hydrogens (tertiary/aromatic N) is 1. The number of hydrogen-bond acceptors (Lipinski definition) is 2. The molecule has 0 aromatic heterocycles. The third-order valence-corrected chi connectivity index (χ3v) is 4.00. The van der Waals surface area contributed by atoms with Crippen LogP contribution in [0.25, 0.3) is 5.57 Å². The normalized spacial score (nSPS) is 13.6. The number of aryl methyl sites for hydroxylation is 2. The third kappa shape index (κ3) is 2.68. The highest BCUT2D eigenvalue weighted by atomic mass is 16.5. The fraction of sp³-hybridized carbons (Fsp3) is 0.211. The number of rotatable bonds is 3. The SMILES string of the molecule is COc1cccc(/C(=C/C#N)c2ccc3c(c2)CCC3)c1. The zero-order valence-electron chi connectivity index (χ0n) is 12.1. The molecule has 0 bridgehead atoms. The Bertz CT molecular complexity index is 737. The number of allylic oxidation sites excluding steroid dienone is 1. The Hall–Kier alpha value is -2.53. The molecule has 2 aromatic rings. The van der Waals surface area contributed by atoms with Crippen molar-refractivity contribution in [2.45, 2.75) is 19.3 Å². The lowest BCUT2D eigenvalue weighted by Gasteiger charge is -2.10. The molecule has 2 aromatic carbocycles. The quantitative estimate of drug-likeness (QED) is 0.789. The number of fused-ring (bicyclic) bond motifs is 1. The Kier molecular flexibility index (Phi) is 3.75. The fourth-order valence-electron chi connectivity index (χ4n) is 2.93. The van der Waals surface area contributed by atoms with Crippen LogP contribution in [0.1, 0.15) is 28.7 Å². The molecule has 21 heavy (non-hydrogen) atoms. The largest absolute Gasteiger partial charge is 0.497 e. The fourth-order valence-corrected chi connectivity index (χ4v) is 2.93. The lowest BCUT2D eigenvalue weighted by Crippen LogP contribution is -1.92. The van der Waals surface area contributed by atoms with Crippen LogP contribution >= 0.6 is 0 Å². The summed E-state index contributed by atoms with van der Waals surface area (Å²) in [6.07, 6.45) is 5.16. The first kappa shape index (κ1) is 13.5. The molecule has 0 N–H and O–H groups in total. The summed E-state index contributed by atoms with van der Waals surface area (Å²) in [7, 11) is 1.65. The van der Waals surface area contributed by atoms with Gasteiger partial charge in [-0.15, -0.1) is 0 Å². The molecule has 0 aliphatic heterocycles. The Morgan fingerprint density at radius 2 is 1.90 bits per heavy atom. The van der Waals surface area contributed by atoms with Gasteiger partial charge in [-0.3, -0.25) is 0 Å². The lowest BCUT2D eigenvalue weighted by molar-refractivity contribution is 0.414. The molecule has 0 unspecified atom stereocenters. The van der Waals surface area contributed by atoms with E-state index >= 15 is 0 Å². The van der Waals surface area contributed by atoms with Crippen LogP contribution in [0.15, 0.2) is 48.5 Å². The molecule has 0 amide bonds. The summed E-state index contributed by atoms with van der Waals surface area (Å²) in [5, 5.41) is 9.12. The second-order valence-corrected chi connectivity index (χ2v) is 5.26. The summed E-state index contributed by atoms with van der Waals surface area (Å²) >= 11 is 0. The number of nitriles is 1. The van der Waals surface area contributed by atoms with E-state index in [0.29, 0.717) is 0 Å². The monoisotopic (exact) mass is 275 g/mol. The minimum atomic E-state index is 0.803. The molecule has 0 atom stereocenters. The number of hydrogen-bond donors (Lipinski definition) is 0. The summed E-state index contributed by atoms with van der Waals surface area (Å²) in [5.41, 5.74) is 5.92. The minimum Gasteiger partial charge on any atom is -0.497 e. The van der Waals surface area contributed by atoms with E-state index < -0.39 is 0 Å². The maximum absolute atomic E-state index is 9.12. The van der Waals surface area contributed by atoms with Gasteiger partial charge in [0.1, 0.15) is 5.75 Å². The van der Waals surface area contributed by atoms with Crippen molar-refractivity contribution >= 4 is 5.57 Å². The minimum absolute atomic E-state index is 0.803. The Labute approximate surface area is 125 Å². The van der Waals surface area contributed by atoms with Gasteiger partial charge in [0, 0.05) is 6.08 Å². The zero-order chi connectivity index (χ0) is 14.7. The summed E-state index contributed by atoms with van der Waals surface area (Å²) in [6.45, 7) is 0. The van der Waals surface area contributed by atoms with Crippen molar-refractivity contribution in [3.8, 4) is 11.8 Å². The maximum atomic E-state index is 9.12. The average Bonchev–Trinajstić information content (AvgIpc) is 3.00. The Morgan fingerprint density at radius 1 is 1.10 bits per heavy atom. The van der Waals surface area contributed by atoms with E-state index in [-0.39, 0.29) is 0 Å². The van der Waals surface area contributed by atoms with Gasteiger partial charge >= 0.3 is 0 Å². The van der Waals surface area contributed by atoms with E-state index in [1.165, 1.54) is 24.0 Å². The Morgan fingerprint density at radius 3 is 2.71 bits per heavy atom. The van der Waals surface area contributed by atoms with Crippen LogP contribution in [0.3, 0.4) is 0 Å². The van der Waals surface area contributed by atoms with E-state index in [9.17, 15) is 0 Å². The molecule has 104 valence electrons. The predicted octanol–water partition coefficient (Wildman–Crippen LogP) is 4.14. The lowest BCUT2D eigenvalue weighted by atomic mass is 9.95. The molecule has 2 nitrogen and oxygen atoms in total. The Balaban J connectivity index is 2.06. The van der Waals surface area contributed by atoms with Crippen molar-refractivity contribution in [3.63, 3.8) is 0 Å². The van der Waals surface area contributed by atoms with Crippen molar-refractivity contribution in [3.05, 3.63) is 70.8 Å². The number of benzene rings is 2. The van der Waals surface area contributed by atoms with Gasteiger partial charge < -0.3 is 4.74 Å². The van der Waals surface area contributed by atoms with Crippen molar-refractivity contribution < 1.29 is 4.74 Å². The van der Waals surface area contributed by atoms with Crippen molar-refractivity contribution in [2.24, 2.45) is 0 Å². The van der Waals surface area contributed by atoms with Crippen LogP contribution in [0.4, 0.5) is 0 Å². The molecule has 1 aliphatic carbocycles. The van der Waals surface area contributed by atoms with E-state index in [0.717, 1.165) is 28.9 Å². The number of ether oxygens (including phenoxy) is 1. The average molecular weight is 275 g/mol. The van der Waals surface area contributed by atoms with Crippen molar-refractivity contribution in [1.82, 2.24) is 0 Å². The summed E-state index contributed by atoms with van der Waals surface area (Å²) < 4.78 is 5.28. The third-order valence-electron chi connectivity index (χ3n) is 4.00. The summed E-state index contributed by atoms with van der Waals surface area (Å²) in [6, 6.07) is 16.6. The molecule has 0 radical (unpaired) electrons. The van der Waals surface area contributed by atoms with Gasteiger partial charge in [0.15, 0.2) is 0 Å². The van der Waals surface area contributed by atoms with E-state index in [4.69, 9.17) is 10.00 Å². The van der Waals surface area contributed by atoms with Crippen molar-refractivity contribution in [1.29, 1.82) is 5.26 Å². The standard InChI is InChI=1S/C19H17NO/c1-21-18-7-3-6-16(13-18)19(10-11-20)17-9-8-14-4-2-5-15(14)12-17/h3,6-10,12-13H,2,4-5H2,1H3/b19-10-. The molecule has 0 fully saturated rings.